The number of aromatic nitrogens is 2. The second kappa shape index (κ2) is 9.08. The predicted molar refractivity (Wildman–Crippen MR) is 126 cm³/mol. The van der Waals surface area contributed by atoms with Gasteiger partial charge in [-0.05, 0) is 54.4 Å². The van der Waals surface area contributed by atoms with E-state index in [2.05, 4.69) is 15.6 Å². The molecule has 2 aromatic heterocycles. The van der Waals surface area contributed by atoms with Crippen LogP contribution in [0.3, 0.4) is 0 Å². The van der Waals surface area contributed by atoms with Crippen molar-refractivity contribution in [1.82, 2.24) is 15.3 Å². The van der Waals surface area contributed by atoms with Crippen molar-refractivity contribution in [3.05, 3.63) is 84.2 Å². The van der Waals surface area contributed by atoms with E-state index in [0.29, 0.717) is 43.0 Å². The van der Waals surface area contributed by atoms with Gasteiger partial charge in [-0.3, -0.25) is 14.6 Å². The molecule has 33 heavy (non-hydrogen) atoms. The average Bonchev–Trinajstić information content (AvgIpc) is 2.86. The van der Waals surface area contributed by atoms with E-state index in [4.69, 9.17) is 9.72 Å². The van der Waals surface area contributed by atoms with E-state index < -0.39 is 0 Å². The molecule has 2 N–H and O–H groups in total. The molecule has 1 aliphatic rings. The molecule has 2 amide bonds. The van der Waals surface area contributed by atoms with Gasteiger partial charge in [-0.1, -0.05) is 18.2 Å². The van der Waals surface area contributed by atoms with Gasteiger partial charge in [0.1, 0.15) is 12.4 Å². The minimum atomic E-state index is -0.185. The molecule has 0 aliphatic carbocycles. The van der Waals surface area contributed by atoms with Crippen LogP contribution in [0.15, 0.2) is 73.1 Å². The Morgan fingerprint density at radius 2 is 1.97 bits per heavy atom. The van der Waals surface area contributed by atoms with Crippen molar-refractivity contribution in [2.75, 3.05) is 18.5 Å². The molecule has 164 valence electrons. The van der Waals surface area contributed by atoms with Crippen LogP contribution in [0.4, 0.5) is 5.69 Å². The number of hydrogen-bond acceptors (Lipinski definition) is 5. The lowest BCUT2D eigenvalue weighted by molar-refractivity contribution is -0.116. The van der Waals surface area contributed by atoms with Crippen LogP contribution in [0.25, 0.3) is 22.2 Å². The first kappa shape index (κ1) is 20.6. The molecule has 0 saturated heterocycles. The Hall–Kier alpha value is -4.26. The lowest BCUT2D eigenvalue weighted by Gasteiger charge is -2.17. The number of benzene rings is 2. The highest BCUT2D eigenvalue weighted by atomic mass is 16.5. The summed E-state index contributed by atoms with van der Waals surface area (Å²) in [6.45, 7) is 0.681. The van der Waals surface area contributed by atoms with E-state index in [1.807, 2.05) is 54.6 Å². The molecule has 2 aromatic carbocycles. The van der Waals surface area contributed by atoms with Gasteiger partial charge in [0.25, 0.3) is 5.91 Å². The molecule has 1 aliphatic heterocycles. The fourth-order valence-corrected chi connectivity index (χ4v) is 3.90. The van der Waals surface area contributed by atoms with Crippen LogP contribution in [0, 0.1) is 0 Å². The second-order valence-electron chi connectivity index (χ2n) is 7.79. The van der Waals surface area contributed by atoms with Crippen molar-refractivity contribution in [3.63, 3.8) is 0 Å². The predicted octanol–water partition coefficient (Wildman–Crippen LogP) is 3.99. The number of nitrogens with zero attached hydrogens (tertiary/aromatic N) is 2. The SMILES string of the molecule is O=C1CCc2cc(OCCNC(=O)c3cc(-c4cccnc4)nc4ccccc34)ccc2N1. The molecule has 0 atom stereocenters. The Balaban J connectivity index is 1.27. The number of carbonyl (C=O) groups excluding carboxylic acids is 2. The first-order chi connectivity index (χ1) is 16.2. The van der Waals surface area contributed by atoms with Gasteiger partial charge in [0.2, 0.25) is 5.91 Å². The Morgan fingerprint density at radius 3 is 2.85 bits per heavy atom. The average molecular weight is 438 g/mol. The summed E-state index contributed by atoms with van der Waals surface area (Å²) in [4.78, 5) is 33.4. The number of carbonyl (C=O) groups is 2. The number of rotatable bonds is 6. The van der Waals surface area contributed by atoms with Crippen molar-refractivity contribution in [2.24, 2.45) is 0 Å². The molecule has 0 saturated carbocycles. The van der Waals surface area contributed by atoms with Crippen molar-refractivity contribution in [2.45, 2.75) is 12.8 Å². The summed E-state index contributed by atoms with van der Waals surface area (Å²) in [5, 5.41) is 6.59. The number of aryl methyl sites for hydroxylation is 1. The number of para-hydroxylation sites is 1. The van der Waals surface area contributed by atoms with Crippen LogP contribution in [-0.2, 0) is 11.2 Å². The molecule has 4 aromatic rings. The number of fused-ring (bicyclic) bond motifs is 2. The normalized spacial score (nSPS) is 12.7. The molecule has 7 heteroatoms. The molecule has 0 spiro atoms. The molecule has 3 heterocycles. The number of amides is 2. The van der Waals surface area contributed by atoms with E-state index in [1.54, 1.807) is 18.5 Å². The topological polar surface area (TPSA) is 93.2 Å². The maximum Gasteiger partial charge on any atom is 0.252 e. The smallest absolute Gasteiger partial charge is 0.252 e. The van der Waals surface area contributed by atoms with Crippen LogP contribution in [0.2, 0.25) is 0 Å². The fraction of sp³-hybridized carbons (Fsp3) is 0.154. The zero-order chi connectivity index (χ0) is 22.6. The van der Waals surface area contributed by atoms with Gasteiger partial charge in [0.15, 0.2) is 0 Å². The lowest BCUT2D eigenvalue weighted by atomic mass is 10.0. The zero-order valence-corrected chi connectivity index (χ0v) is 17.9. The molecule has 0 bridgehead atoms. The Labute approximate surface area is 190 Å². The molecule has 7 nitrogen and oxygen atoms in total. The first-order valence-electron chi connectivity index (χ1n) is 10.8. The van der Waals surface area contributed by atoms with Crippen LogP contribution >= 0.6 is 0 Å². The van der Waals surface area contributed by atoms with E-state index in [-0.39, 0.29) is 11.8 Å². The summed E-state index contributed by atoms with van der Waals surface area (Å²) in [5.74, 6) is 0.567. The monoisotopic (exact) mass is 438 g/mol. The van der Waals surface area contributed by atoms with Gasteiger partial charge in [-0.25, -0.2) is 4.98 Å². The van der Waals surface area contributed by atoms with Crippen LogP contribution in [-0.4, -0.2) is 34.9 Å². The van der Waals surface area contributed by atoms with Crippen LogP contribution < -0.4 is 15.4 Å². The van der Waals surface area contributed by atoms with Gasteiger partial charge < -0.3 is 15.4 Å². The zero-order valence-electron chi connectivity index (χ0n) is 17.9. The first-order valence-corrected chi connectivity index (χ1v) is 10.8. The van der Waals surface area contributed by atoms with E-state index >= 15 is 0 Å². The van der Waals surface area contributed by atoms with Gasteiger partial charge in [-0.15, -0.1) is 0 Å². The highest BCUT2D eigenvalue weighted by Crippen LogP contribution is 2.27. The van der Waals surface area contributed by atoms with Crippen molar-refractivity contribution in [3.8, 4) is 17.0 Å². The molecule has 5 rings (SSSR count). The summed E-state index contributed by atoms with van der Waals surface area (Å²) < 4.78 is 5.82. The van der Waals surface area contributed by atoms with E-state index in [1.165, 1.54) is 0 Å². The molecular weight excluding hydrogens is 416 g/mol. The molecule has 0 fully saturated rings. The quantitative estimate of drug-likeness (QED) is 0.444. The highest BCUT2D eigenvalue weighted by Gasteiger charge is 2.16. The second-order valence-corrected chi connectivity index (χ2v) is 7.79. The Kier molecular flexibility index (Phi) is 5.68. The third-order valence-electron chi connectivity index (χ3n) is 5.55. The number of pyridine rings is 2. The summed E-state index contributed by atoms with van der Waals surface area (Å²) in [6, 6.07) is 18.8. The van der Waals surface area contributed by atoms with Gasteiger partial charge in [0, 0.05) is 35.5 Å². The third kappa shape index (κ3) is 4.52. The minimum Gasteiger partial charge on any atom is -0.492 e. The minimum absolute atomic E-state index is 0.0363. The Morgan fingerprint density at radius 1 is 1.06 bits per heavy atom. The summed E-state index contributed by atoms with van der Waals surface area (Å²) in [5.41, 5.74) is 4.75. The number of hydrogen-bond donors (Lipinski definition) is 2. The largest absolute Gasteiger partial charge is 0.492 e. The third-order valence-corrected chi connectivity index (χ3v) is 5.55. The van der Waals surface area contributed by atoms with Crippen LogP contribution in [0.5, 0.6) is 5.75 Å². The lowest BCUT2D eigenvalue weighted by Crippen LogP contribution is -2.28. The molecule has 0 radical (unpaired) electrons. The fourth-order valence-electron chi connectivity index (χ4n) is 3.90. The maximum atomic E-state index is 13.0. The van der Waals surface area contributed by atoms with Crippen LogP contribution in [0.1, 0.15) is 22.3 Å². The molecular formula is C26H22N4O3. The number of ether oxygens (including phenoxy) is 1. The standard InChI is InChI=1S/C26H22N4O3/c31-25-10-7-17-14-19(8-9-22(17)30-25)33-13-12-28-26(32)21-15-24(18-4-3-11-27-16-18)29-23-6-2-1-5-20(21)23/h1-6,8-9,11,14-16H,7,10,12-13H2,(H,28,32)(H,30,31). The highest BCUT2D eigenvalue weighted by molar-refractivity contribution is 6.07. The number of anilines is 1. The van der Waals surface area contributed by atoms with Crippen molar-refractivity contribution < 1.29 is 14.3 Å². The van der Waals surface area contributed by atoms with Gasteiger partial charge in [0.05, 0.1) is 23.3 Å². The number of nitrogens with one attached hydrogen (secondary N) is 2. The summed E-state index contributed by atoms with van der Waals surface area (Å²) in [6.07, 6.45) is 4.62. The van der Waals surface area contributed by atoms with Crippen molar-refractivity contribution >= 4 is 28.4 Å². The Bertz CT molecular complexity index is 1340. The maximum absolute atomic E-state index is 13.0. The van der Waals surface area contributed by atoms with Gasteiger partial charge in [-0.2, -0.15) is 0 Å². The summed E-state index contributed by atoms with van der Waals surface area (Å²) in [7, 11) is 0. The van der Waals surface area contributed by atoms with Gasteiger partial charge >= 0.3 is 0 Å². The van der Waals surface area contributed by atoms with Crippen molar-refractivity contribution in [1.29, 1.82) is 0 Å². The summed E-state index contributed by atoms with van der Waals surface area (Å²) >= 11 is 0. The van der Waals surface area contributed by atoms with E-state index in [9.17, 15) is 9.59 Å². The van der Waals surface area contributed by atoms with E-state index in [0.717, 1.165) is 27.7 Å². The molecule has 0 unspecified atom stereocenters.